The van der Waals surface area contributed by atoms with Crippen LogP contribution in [0.1, 0.15) is 62.6 Å². The number of anilines is 1. The summed E-state index contributed by atoms with van der Waals surface area (Å²) >= 11 is 0. The Bertz CT molecular complexity index is 888. The van der Waals surface area contributed by atoms with Crippen molar-refractivity contribution < 1.29 is 9.47 Å². The minimum atomic E-state index is 0.493. The molecule has 1 aromatic heterocycles. The second kappa shape index (κ2) is 8.02. The predicted molar refractivity (Wildman–Crippen MR) is 117 cm³/mol. The van der Waals surface area contributed by atoms with Gasteiger partial charge in [-0.3, -0.25) is 4.98 Å². The molecule has 2 fully saturated rings. The van der Waals surface area contributed by atoms with Crippen molar-refractivity contribution in [3.8, 4) is 11.5 Å². The Kier molecular flexibility index (Phi) is 5.25. The standard InChI is InChI=1S/C24H33N3O2/c1-16-6-9-18-23(17-7-8-17)26-20-15-22(21(28-2)14-19(20)24(18)25-16)29-13-5-12-27-10-3-4-11-27/h14-17,25H,3-13H2,1-2H3. The molecule has 1 saturated carbocycles. The number of nitrogens with one attached hydrogen (secondary N) is 1. The van der Waals surface area contributed by atoms with E-state index in [4.69, 9.17) is 14.5 Å². The van der Waals surface area contributed by atoms with Gasteiger partial charge in [-0.2, -0.15) is 0 Å². The molecule has 3 aliphatic rings. The number of hydrogen-bond donors (Lipinski definition) is 1. The number of aromatic nitrogens is 1. The van der Waals surface area contributed by atoms with E-state index in [1.54, 1.807) is 7.11 Å². The number of pyridine rings is 1. The Morgan fingerprint density at radius 3 is 2.72 bits per heavy atom. The van der Waals surface area contributed by atoms with Crippen LogP contribution in [0.2, 0.25) is 0 Å². The Hall–Kier alpha value is -2.01. The van der Waals surface area contributed by atoms with E-state index in [1.165, 1.54) is 62.1 Å². The summed E-state index contributed by atoms with van der Waals surface area (Å²) in [6.45, 7) is 6.58. The first-order valence-electron chi connectivity index (χ1n) is 11.4. The van der Waals surface area contributed by atoms with Crippen LogP contribution in [-0.2, 0) is 6.42 Å². The van der Waals surface area contributed by atoms with Gasteiger partial charge in [0.2, 0.25) is 0 Å². The first-order valence-corrected chi connectivity index (χ1v) is 11.4. The number of nitrogens with zero attached hydrogens (tertiary/aromatic N) is 2. The molecule has 0 radical (unpaired) electrons. The molecule has 1 aliphatic carbocycles. The number of likely N-dealkylation sites (tertiary alicyclic amines) is 1. The highest BCUT2D eigenvalue weighted by molar-refractivity contribution is 5.96. The third kappa shape index (κ3) is 3.89. The molecule has 3 heterocycles. The summed E-state index contributed by atoms with van der Waals surface area (Å²) in [7, 11) is 1.73. The summed E-state index contributed by atoms with van der Waals surface area (Å²) in [5.74, 6) is 2.27. The maximum absolute atomic E-state index is 6.17. The van der Waals surface area contributed by atoms with Crippen LogP contribution >= 0.6 is 0 Å². The van der Waals surface area contributed by atoms with Crippen molar-refractivity contribution in [1.29, 1.82) is 0 Å². The van der Waals surface area contributed by atoms with E-state index >= 15 is 0 Å². The number of ether oxygens (including phenoxy) is 2. The van der Waals surface area contributed by atoms with Crippen LogP contribution in [0.4, 0.5) is 5.69 Å². The zero-order valence-electron chi connectivity index (χ0n) is 17.8. The van der Waals surface area contributed by atoms with Crippen LogP contribution < -0.4 is 14.8 Å². The summed E-state index contributed by atoms with van der Waals surface area (Å²) < 4.78 is 11.9. The number of fused-ring (bicyclic) bond motifs is 3. The van der Waals surface area contributed by atoms with Gasteiger partial charge >= 0.3 is 0 Å². The van der Waals surface area contributed by atoms with E-state index in [-0.39, 0.29) is 0 Å². The van der Waals surface area contributed by atoms with Gasteiger partial charge in [-0.05, 0) is 76.6 Å². The fourth-order valence-electron chi connectivity index (χ4n) is 4.87. The number of methoxy groups -OCH3 is 1. The highest BCUT2D eigenvalue weighted by atomic mass is 16.5. The van der Waals surface area contributed by atoms with Gasteiger partial charge in [-0.1, -0.05) is 0 Å². The highest BCUT2D eigenvalue weighted by Crippen LogP contribution is 2.47. The topological polar surface area (TPSA) is 46.6 Å². The number of benzene rings is 1. The van der Waals surface area contributed by atoms with Crippen LogP contribution in [0.15, 0.2) is 12.1 Å². The second-order valence-electron chi connectivity index (χ2n) is 8.98. The summed E-state index contributed by atoms with van der Waals surface area (Å²) in [6.07, 6.45) is 8.57. The molecule has 156 valence electrons. The molecular weight excluding hydrogens is 362 g/mol. The quantitative estimate of drug-likeness (QED) is 0.687. The monoisotopic (exact) mass is 395 g/mol. The van der Waals surface area contributed by atoms with Crippen molar-refractivity contribution in [2.45, 2.75) is 63.8 Å². The average molecular weight is 396 g/mol. The Morgan fingerprint density at radius 2 is 1.97 bits per heavy atom. The lowest BCUT2D eigenvalue weighted by molar-refractivity contribution is 0.254. The largest absolute Gasteiger partial charge is 0.493 e. The number of rotatable bonds is 7. The van der Waals surface area contributed by atoms with E-state index in [0.29, 0.717) is 18.6 Å². The maximum atomic E-state index is 6.17. The zero-order valence-corrected chi connectivity index (χ0v) is 17.8. The van der Waals surface area contributed by atoms with Gasteiger partial charge in [-0.15, -0.1) is 0 Å². The maximum Gasteiger partial charge on any atom is 0.163 e. The number of hydrogen-bond acceptors (Lipinski definition) is 5. The molecule has 5 heteroatoms. The third-order valence-electron chi connectivity index (χ3n) is 6.66. The van der Waals surface area contributed by atoms with E-state index in [1.807, 2.05) is 0 Å². The van der Waals surface area contributed by atoms with Crippen molar-refractivity contribution in [3.05, 3.63) is 23.4 Å². The fraction of sp³-hybridized carbons (Fsp3) is 0.625. The molecule has 29 heavy (non-hydrogen) atoms. The second-order valence-corrected chi connectivity index (χ2v) is 8.98. The van der Waals surface area contributed by atoms with E-state index in [9.17, 15) is 0 Å². The molecule has 0 amide bonds. The van der Waals surface area contributed by atoms with E-state index in [0.717, 1.165) is 41.8 Å². The van der Waals surface area contributed by atoms with Gasteiger partial charge in [0.1, 0.15) is 0 Å². The SMILES string of the molecule is COc1cc2c3c(c(C4CC4)nc2cc1OCCCN1CCCC1)CCC(C)N3. The lowest BCUT2D eigenvalue weighted by Gasteiger charge is -2.28. The first kappa shape index (κ1) is 19.0. The van der Waals surface area contributed by atoms with Crippen molar-refractivity contribution >= 4 is 16.6 Å². The summed E-state index contributed by atoms with van der Waals surface area (Å²) in [5.41, 5.74) is 5.05. The molecule has 5 nitrogen and oxygen atoms in total. The zero-order chi connectivity index (χ0) is 19.8. The molecule has 1 N–H and O–H groups in total. The summed E-state index contributed by atoms with van der Waals surface area (Å²) in [6, 6.07) is 4.71. The molecule has 1 aromatic carbocycles. The molecule has 1 atom stereocenters. The summed E-state index contributed by atoms with van der Waals surface area (Å²) in [5, 5.41) is 4.90. The van der Waals surface area contributed by atoms with Gasteiger partial charge < -0.3 is 19.7 Å². The van der Waals surface area contributed by atoms with Gasteiger partial charge in [0.05, 0.1) is 19.2 Å². The van der Waals surface area contributed by atoms with Crippen molar-refractivity contribution in [1.82, 2.24) is 9.88 Å². The molecule has 0 spiro atoms. The average Bonchev–Trinajstić information content (AvgIpc) is 3.45. The minimum absolute atomic E-state index is 0.493. The minimum Gasteiger partial charge on any atom is -0.493 e. The van der Waals surface area contributed by atoms with Crippen LogP contribution in [0.25, 0.3) is 10.9 Å². The van der Waals surface area contributed by atoms with Crippen molar-refractivity contribution in [2.24, 2.45) is 0 Å². The lowest BCUT2D eigenvalue weighted by atomic mass is 9.93. The molecule has 5 rings (SSSR count). The molecule has 0 bridgehead atoms. The molecule has 1 saturated heterocycles. The van der Waals surface area contributed by atoms with Gasteiger partial charge in [-0.25, -0.2) is 0 Å². The van der Waals surface area contributed by atoms with E-state index < -0.39 is 0 Å². The van der Waals surface area contributed by atoms with Gasteiger partial charge in [0.15, 0.2) is 11.5 Å². The highest BCUT2D eigenvalue weighted by Gasteiger charge is 2.32. The fourth-order valence-corrected chi connectivity index (χ4v) is 4.87. The molecule has 2 aliphatic heterocycles. The summed E-state index contributed by atoms with van der Waals surface area (Å²) in [4.78, 5) is 7.65. The predicted octanol–water partition coefficient (Wildman–Crippen LogP) is 4.73. The van der Waals surface area contributed by atoms with Crippen LogP contribution in [0, 0.1) is 0 Å². The Balaban J connectivity index is 1.42. The van der Waals surface area contributed by atoms with Crippen molar-refractivity contribution in [2.75, 3.05) is 38.7 Å². The Labute approximate surface area is 173 Å². The Morgan fingerprint density at radius 1 is 1.14 bits per heavy atom. The van der Waals surface area contributed by atoms with E-state index in [2.05, 4.69) is 29.3 Å². The van der Waals surface area contributed by atoms with Crippen LogP contribution in [-0.4, -0.2) is 49.3 Å². The van der Waals surface area contributed by atoms with Crippen molar-refractivity contribution in [3.63, 3.8) is 0 Å². The molecular formula is C24H33N3O2. The normalized spacial score (nSPS) is 21.8. The first-order chi connectivity index (χ1) is 14.2. The molecule has 1 unspecified atom stereocenters. The third-order valence-corrected chi connectivity index (χ3v) is 6.66. The smallest absolute Gasteiger partial charge is 0.163 e. The van der Waals surface area contributed by atoms with Crippen LogP contribution in [0.5, 0.6) is 11.5 Å². The van der Waals surface area contributed by atoms with Gasteiger partial charge in [0, 0.05) is 41.3 Å². The van der Waals surface area contributed by atoms with Crippen LogP contribution in [0.3, 0.4) is 0 Å². The molecule has 2 aromatic rings. The van der Waals surface area contributed by atoms with Gasteiger partial charge in [0.25, 0.3) is 0 Å². The lowest BCUT2D eigenvalue weighted by Crippen LogP contribution is -2.23.